The highest BCUT2D eigenvalue weighted by Gasteiger charge is 2.36. The fourth-order valence-corrected chi connectivity index (χ4v) is 3.28. The average molecular weight is 333 g/mol. The number of aromatic nitrogens is 1. The molecular weight excluding hydrogens is 306 g/mol. The first-order valence-electron chi connectivity index (χ1n) is 8.83. The van der Waals surface area contributed by atoms with Crippen LogP contribution < -0.4 is 9.64 Å². The number of hydrogen-bond acceptors (Lipinski definition) is 5. The van der Waals surface area contributed by atoms with E-state index in [1.165, 1.54) is 0 Å². The highest BCUT2D eigenvalue weighted by molar-refractivity contribution is 5.77. The van der Waals surface area contributed by atoms with Gasteiger partial charge in [-0.1, -0.05) is 6.92 Å². The Hall–Kier alpha value is -1.82. The van der Waals surface area contributed by atoms with E-state index in [1.54, 1.807) is 0 Å². The van der Waals surface area contributed by atoms with Gasteiger partial charge in [0, 0.05) is 32.4 Å². The number of rotatable bonds is 5. The van der Waals surface area contributed by atoms with E-state index in [2.05, 4.69) is 30.7 Å². The van der Waals surface area contributed by atoms with Gasteiger partial charge < -0.3 is 19.3 Å². The SMILES string of the molecule is CCCOCCC(=O)N1CCN2c3ncc(C)c(C)c3OCC2C1. The van der Waals surface area contributed by atoms with Crippen LogP contribution >= 0.6 is 0 Å². The maximum absolute atomic E-state index is 12.4. The molecule has 1 amide bonds. The zero-order valence-electron chi connectivity index (χ0n) is 14.9. The Morgan fingerprint density at radius 3 is 3.00 bits per heavy atom. The zero-order valence-corrected chi connectivity index (χ0v) is 14.9. The summed E-state index contributed by atoms with van der Waals surface area (Å²) in [5.74, 6) is 2.00. The molecule has 6 nitrogen and oxygen atoms in total. The standard InChI is InChI=1S/C18H27N3O3/c1-4-8-23-9-5-16(22)20-6-7-21-15(11-20)12-24-17-14(3)13(2)10-19-18(17)21/h10,15H,4-9,11-12H2,1-3H3. The molecule has 1 aromatic heterocycles. The minimum atomic E-state index is 0.171. The number of hydrogen-bond donors (Lipinski definition) is 0. The van der Waals surface area contributed by atoms with Crippen LogP contribution in [0.3, 0.4) is 0 Å². The summed E-state index contributed by atoms with van der Waals surface area (Å²) < 4.78 is 11.4. The van der Waals surface area contributed by atoms with Gasteiger partial charge in [-0.2, -0.15) is 0 Å². The van der Waals surface area contributed by atoms with Gasteiger partial charge in [0.05, 0.1) is 19.1 Å². The Labute approximate surface area is 143 Å². The second-order valence-corrected chi connectivity index (χ2v) is 6.58. The predicted molar refractivity (Wildman–Crippen MR) is 92.6 cm³/mol. The van der Waals surface area contributed by atoms with Gasteiger partial charge in [0.15, 0.2) is 11.6 Å². The number of ether oxygens (including phenoxy) is 2. The van der Waals surface area contributed by atoms with Crippen molar-refractivity contribution in [2.24, 2.45) is 0 Å². The largest absolute Gasteiger partial charge is 0.487 e. The van der Waals surface area contributed by atoms with Crippen LogP contribution in [0, 0.1) is 13.8 Å². The molecule has 2 aliphatic rings. The summed E-state index contributed by atoms with van der Waals surface area (Å²) in [6.07, 6.45) is 3.35. The number of carbonyl (C=O) groups excluding carboxylic acids is 1. The zero-order chi connectivity index (χ0) is 17.1. The van der Waals surface area contributed by atoms with Crippen LogP contribution in [0.2, 0.25) is 0 Å². The Bertz CT molecular complexity index is 605. The number of anilines is 1. The molecule has 0 radical (unpaired) electrons. The summed E-state index contributed by atoms with van der Waals surface area (Å²) in [6.45, 7) is 10.3. The van der Waals surface area contributed by atoms with Gasteiger partial charge in [-0.05, 0) is 31.4 Å². The normalized spacial score (nSPS) is 19.5. The molecule has 132 valence electrons. The Kier molecular flexibility index (Phi) is 5.23. The number of amides is 1. The first-order valence-corrected chi connectivity index (χ1v) is 8.83. The lowest BCUT2D eigenvalue weighted by molar-refractivity contribution is -0.133. The van der Waals surface area contributed by atoms with E-state index in [1.807, 2.05) is 11.1 Å². The molecule has 1 aromatic rings. The minimum Gasteiger partial charge on any atom is -0.487 e. The molecule has 0 spiro atoms. The Balaban J connectivity index is 1.62. The molecule has 0 N–H and O–H groups in total. The van der Waals surface area contributed by atoms with Crippen molar-refractivity contribution in [2.75, 3.05) is 44.4 Å². The Morgan fingerprint density at radius 1 is 1.38 bits per heavy atom. The number of nitrogens with zero attached hydrogens (tertiary/aromatic N) is 3. The van der Waals surface area contributed by atoms with Crippen molar-refractivity contribution < 1.29 is 14.3 Å². The topological polar surface area (TPSA) is 54.9 Å². The molecule has 0 bridgehead atoms. The average Bonchev–Trinajstić information content (AvgIpc) is 2.60. The summed E-state index contributed by atoms with van der Waals surface area (Å²) >= 11 is 0. The number of pyridine rings is 1. The van der Waals surface area contributed by atoms with Crippen LogP contribution in [0.4, 0.5) is 5.82 Å². The van der Waals surface area contributed by atoms with Crippen molar-refractivity contribution in [3.05, 3.63) is 17.3 Å². The van der Waals surface area contributed by atoms with E-state index < -0.39 is 0 Å². The van der Waals surface area contributed by atoms with E-state index in [0.29, 0.717) is 26.2 Å². The smallest absolute Gasteiger partial charge is 0.225 e. The van der Waals surface area contributed by atoms with Gasteiger partial charge in [0.1, 0.15) is 6.61 Å². The third-order valence-corrected chi connectivity index (χ3v) is 4.85. The molecule has 3 heterocycles. The van der Waals surface area contributed by atoms with E-state index in [-0.39, 0.29) is 11.9 Å². The molecule has 1 fully saturated rings. The van der Waals surface area contributed by atoms with E-state index in [4.69, 9.17) is 9.47 Å². The van der Waals surface area contributed by atoms with Crippen LogP contribution in [-0.4, -0.2) is 61.3 Å². The Morgan fingerprint density at radius 2 is 2.21 bits per heavy atom. The fraction of sp³-hybridized carbons (Fsp3) is 0.667. The minimum absolute atomic E-state index is 0.171. The molecule has 1 saturated heterocycles. The summed E-state index contributed by atoms with van der Waals surface area (Å²) in [5.41, 5.74) is 2.30. The number of fused-ring (bicyclic) bond motifs is 3. The quantitative estimate of drug-likeness (QED) is 0.771. The number of carbonyl (C=O) groups is 1. The predicted octanol–water partition coefficient (Wildman–Crippen LogP) is 1.92. The third-order valence-electron chi connectivity index (χ3n) is 4.85. The monoisotopic (exact) mass is 333 g/mol. The van der Waals surface area contributed by atoms with Gasteiger partial charge in [0.2, 0.25) is 5.91 Å². The van der Waals surface area contributed by atoms with Crippen LogP contribution in [0.1, 0.15) is 30.9 Å². The lowest BCUT2D eigenvalue weighted by Crippen LogP contribution is -2.58. The summed E-state index contributed by atoms with van der Waals surface area (Å²) in [6, 6.07) is 0.182. The second-order valence-electron chi connectivity index (χ2n) is 6.58. The molecule has 1 atom stereocenters. The second kappa shape index (κ2) is 7.38. The highest BCUT2D eigenvalue weighted by Crippen LogP contribution is 2.37. The van der Waals surface area contributed by atoms with Crippen molar-refractivity contribution in [2.45, 2.75) is 39.7 Å². The maximum atomic E-state index is 12.4. The molecule has 3 rings (SSSR count). The summed E-state index contributed by atoms with van der Waals surface area (Å²) in [7, 11) is 0. The first kappa shape index (κ1) is 17.0. The highest BCUT2D eigenvalue weighted by atomic mass is 16.5. The number of piperazine rings is 1. The van der Waals surface area contributed by atoms with Crippen LogP contribution in [-0.2, 0) is 9.53 Å². The van der Waals surface area contributed by atoms with Gasteiger partial charge in [0.25, 0.3) is 0 Å². The molecule has 6 heteroatoms. The lowest BCUT2D eigenvalue weighted by Gasteiger charge is -2.45. The van der Waals surface area contributed by atoms with Crippen molar-refractivity contribution in [3.8, 4) is 5.75 Å². The molecule has 24 heavy (non-hydrogen) atoms. The molecular formula is C18H27N3O3. The fourth-order valence-electron chi connectivity index (χ4n) is 3.28. The van der Waals surface area contributed by atoms with E-state index >= 15 is 0 Å². The van der Waals surface area contributed by atoms with Crippen molar-refractivity contribution in [1.29, 1.82) is 0 Å². The van der Waals surface area contributed by atoms with Gasteiger partial charge >= 0.3 is 0 Å². The van der Waals surface area contributed by atoms with Crippen LogP contribution in [0.5, 0.6) is 5.75 Å². The van der Waals surface area contributed by atoms with Gasteiger partial charge in [-0.3, -0.25) is 4.79 Å². The molecule has 0 aliphatic carbocycles. The van der Waals surface area contributed by atoms with Gasteiger partial charge in [-0.15, -0.1) is 0 Å². The van der Waals surface area contributed by atoms with Crippen LogP contribution in [0.15, 0.2) is 6.20 Å². The number of aryl methyl sites for hydroxylation is 1. The van der Waals surface area contributed by atoms with Gasteiger partial charge in [-0.25, -0.2) is 4.98 Å². The molecule has 0 aromatic carbocycles. The summed E-state index contributed by atoms with van der Waals surface area (Å²) in [5, 5.41) is 0. The van der Waals surface area contributed by atoms with E-state index in [0.717, 1.165) is 48.8 Å². The van der Waals surface area contributed by atoms with Crippen molar-refractivity contribution >= 4 is 11.7 Å². The van der Waals surface area contributed by atoms with Crippen molar-refractivity contribution in [1.82, 2.24) is 9.88 Å². The lowest BCUT2D eigenvalue weighted by atomic mass is 10.1. The van der Waals surface area contributed by atoms with E-state index in [9.17, 15) is 4.79 Å². The van der Waals surface area contributed by atoms with Crippen molar-refractivity contribution in [3.63, 3.8) is 0 Å². The first-order chi connectivity index (χ1) is 11.6. The molecule has 2 aliphatic heterocycles. The molecule has 1 unspecified atom stereocenters. The third kappa shape index (κ3) is 3.34. The maximum Gasteiger partial charge on any atom is 0.225 e. The summed E-state index contributed by atoms with van der Waals surface area (Å²) in [4.78, 5) is 21.2. The van der Waals surface area contributed by atoms with Crippen LogP contribution in [0.25, 0.3) is 0 Å². The molecule has 0 saturated carbocycles.